The summed E-state index contributed by atoms with van der Waals surface area (Å²) in [5.74, 6) is -4.12. The Morgan fingerprint density at radius 3 is 1.00 bits per heavy atom. The summed E-state index contributed by atoms with van der Waals surface area (Å²) in [5, 5.41) is 35.7. The molecule has 0 aromatic heterocycles. The molecular formula is C10H20N2O6Pt. The van der Waals surface area contributed by atoms with E-state index in [-0.39, 0.29) is 33.4 Å². The van der Waals surface area contributed by atoms with Crippen molar-refractivity contribution in [2.24, 2.45) is 0 Å². The van der Waals surface area contributed by atoms with E-state index < -0.39 is 24.1 Å². The molecule has 0 aliphatic heterocycles. The normalized spacial score (nSPS) is 15.9. The summed E-state index contributed by atoms with van der Waals surface area (Å²) in [4.78, 5) is 19.3. The van der Waals surface area contributed by atoms with Crippen LogP contribution in [0.3, 0.4) is 0 Å². The Morgan fingerprint density at radius 1 is 0.737 bits per heavy atom. The van der Waals surface area contributed by atoms with Gasteiger partial charge >= 0.3 is 21.1 Å². The van der Waals surface area contributed by atoms with Gasteiger partial charge in [0.15, 0.2) is 0 Å². The van der Waals surface area contributed by atoms with Gasteiger partial charge in [0, 0.05) is 0 Å². The van der Waals surface area contributed by atoms with Gasteiger partial charge in [0.25, 0.3) is 0 Å². The van der Waals surface area contributed by atoms with E-state index in [2.05, 4.69) is 0 Å². The molecule has 116 valence electrons. The van der Waals surface area contributed by atoms with Crippen molar-refractivity contribution >= 4 is 11.9 Å². The Morgan fingerprint density at radius 2 is 0.895 bits per heavy atom. The molecule has 1 aliphatic carbocycles. The van der Waals surface area contributed by atoms with Crippen LogP contribution in [0.1, 0.15) is 38.5 Å². The molecule has 1 fully saturated rings. The number of hydrogen-bond acceptors (Lipinski definition) is 6. The smallest absolute Gasteiger partial charge is 0.693 e. The van der Waals surface area contributed by atoms with Crippen LogP contribution in [-0.4, -0.2) is 34.4 Å². The zero-order valence-electron chi connectivity index (χ0n) is 10.4. The minimum Gasteiger partial charge on any atom is -0.693 e. The van der Waals surface area contributed by atoms with E-state index >= 15 is 0 Å². The maximum atomic E-state index is 9.63. The summed E-state index contributed by atoms with van der Waals surface area (Å²) in [6, 6.07) is 0. The van der Waals surface area contributed by atoms with Crippen LogP contribution in [0.15, 0.2) is 0 Å². The van der Waals surface area contributed by atoms with Crippen molar-refractivity contribution in [2.45, 2.75) is 50.7 Å². The predicted octanol–water partition coefficient (Wildman–Crippen LogP) is -1.02. The molecule has 1 aliphatic rings. The van der Waals surface area contributed by atoms with Gasteiger partial charge in [-0.15, -0.1) is 0 Å². The summed E-state index contributed by atoms with van der Waals surface area (Å²) in [6.07, 6.45) is 4.12. The zero-order chi connectivity index (χ0) is 12.6. The van der Waals surface area contributed by atoms with Gasteiger partial charge < -0.3 is 42.3 Å². The first-order valence-corrected chi connectivity index (χ1v) is 5.24. The number of aliphatic carboxylic acids is 2. The molecule has 0 amide bonds. The predicted molar refractivity (Wildman–Crippen MR) is 60.3 cm³/mol. The third-order valence-corrected chi connectivity index (χ3v) is 2.28. The Balaban J connectivity index is -0.000000110. The van der Waals surface area contributed by atoms with Crippen LogP contribution < -0.4 is 10.2 Å². The molecule has 0 aromatic rings. The molecular weight excluding hydrogens is 439 g/mol. The summed E-state index contributed by atoms with van der Waals surface area (Å²) >= 11 is 0. The van der Waals surface area contributed by atoms with Crippen molar-refractivity contribution in [1.82, 2.24) is 0 Å². The van der Waals surface area contributed by atoms with Crippen LogP contribution >= 0.6 is 0 Å². The fourth-order valence-corrected chi connectivity index (χ4v) is 1.32. The van der Waals surface area contributed by atoms with Crippen molar-refractivity contribution in [3.63, 3.8) is 0 Å². The first-order chi connectivity index (χ1) is 7.46. The van der Waals surface area contributed by atoms with Crippen molar-refractivity contribution < 1.29 is 51.1 Å². The second kappa shape index (κ2) is 15.5. The van der Waals surface area contributed by atoms with E-state index in [1.165, 1.54) is 38.5 Å². The molecule has 0 bridgehead atoms. The van der Waals surface area contributed by atoms with E-state index in [4.69, 9.17) is 10.2 Å². The molecule has 0 radical (unpaired) electrons. The summed E-state index contributed by atoms with van der Waals surface area (Å²) in [7, 11) is 0. The number of carbonyl (C=O) groups is 2. The molecule has 6 N–H and O–H groups in total. The minimum absolute atomic E-state index is 0. The first kappa shape index (κ1) is 26.9. The van der Waals surface area contributed by atoms with Crippen molar-refractivity contribution in [2.75, 3.05) is 0 Å². The summed E-state index contributed by atoms with van der Waals surface area (Å²) < 4.78 is 0. The Hall–Kier alpha value is -0.532. The second-order valence-corrected chi connectivity index (χ2v) is 3.65. The average Bonchev–Trinajstić information content (AvgIpc) is 2.30. The molecule has 19 heavy (non-hydrogen) atoms. The Kier molecular flexibility index (Phi) is 22.0. The number of aliphatic hydroxyl groups is 2. The molecule has 2 atom stereocenters. The molecule has 0 spiro atoms. The second-order valence-electron chi connectivity index (χ2n) is 3.65. The standard InChI is InChI=1S/C6H12.C4H6O6.2H2N.Pt/c1-2-4-6-5-3-1;5-1(3(7)8)2(6)4(9)10;;;/h1-6H2;1-2,5-6H,(H,7,8)(H,9,10);2*1H2;/q;;2*-1;+4/p-2. The summed E-state index contributed by atoms with van der Waals surface area (Å²) in [5.41, 5.74) is 0. The average molecular weight is 459 g/mol. The Bertz CT molecular complexity index is 209. The van der Waals surface area contributed by atoms with Gasteiger partial charge in [-0.2, -0.15) is 0 Å². The molecule has 2 unspecified atom stereocenters. The van der Waals surface area contributed by atoms with Crippen molar-refractivity contribution in [3.05, 3.63) is 12.3 Å². The van der Waals surface area contributed by atoms with Gasteiger partial charge in [0.2, 0.25) is 0 Å². The monoisotopic (exact) mass is 459 g/mol. The Labute approximate surface area is 126 Å². The summed E-state index contributed by atoms with van der Waals surface area (Å²) in [6.45, 7) is 0. The molecule has 0 aromatic carbocycles. The van der Waals surface area contributed by atoms with Crippen LogP contribution in [0, 0.1) is 0 Å². The fraction of sp³-hybridized carbons (Fsp3) is 0.800. The van der Waals surface area contributed by atoms with Gasteiger partial charge in [0.1, 0.15) is 12.2 Å². The van der Waals surface area contributed by atoms with E-state index in [1.807, 2.05) is 0 Å². The van der Waals surface area contributed by atoms with E-state index in [0.717, 1.165) is 0 Å². The van der Waals surface area contributed by atoms with Crippen LogP contribution in [0.2, 0.25) is 0 Å². The molecule has 8 nitrogen and oxygen atoms in total. The zero-order valence-corrected chi connectivity index (χ0v) is 12.7. The van der Waals surface area contributed by atoms with Gasteiger partial charge in [-0.3, -0.25) is 0 Å². The van der Waals surface area contributed by atoms with Crippen LogP contribution in [0.4, 0.5) is 0 Å². The number of carboxylic acid groups (broad SMARTS) is 2. The molecule has 1 rings (SSSR count). The van der Waals surface area contributed by atoms with E-state index in [0.29, 0.717) is 0 Å². The minimum atomic E-state index is -2.44. The van der Waals surface area contributed by atoms with Crippen LogP contribution in [0.25, 0.3) is 12.3 Å². The maximum absolute atomic E-state index is 9.63. The molecule has 0 saturated heterocycles. The molecule has 9 heteroatoms. The largest absolute Gasteiger partial charge is 4.00 e. The molecule has 0 heterocycles. The molecule has 1 saturated carbocycles. The van der Waals surface area contributed by atoms with Gasteiger partial charge in [-0.1, -0.05) is 38.5 Å². The quantitative estimate of drug-likeness (QED) is 0.543. The maximum Gasteiger partial charge on any atom is 4.00 e. The number of aliphatic hydroxyl groups excluding tert-OH is 2. The number of hydrogen-bond donors (Lipinski definition) is 2. The number of carboxylic acids is 2. The van der Waals surface area contributed by atoms with Crippen molar-refractivity contribution in [3.8, 4) is 0 Å². The SMILES string of the molecule is C1CCCCC1.O=C([O-])C(O)C(O)C(=O)[O-].[NH2-].[NH2-].[Pt+4]. The van der Waals surface area contributed by atoms with E-state index in [9.17, 15) is 19.8 Å². The number of rotatable bonds is 3. The van der Waals surface area contributed by atoms with Crippen LogP contribution in [-0.2, 0) is 30.7 Å². The topological polar surface area (TPSA) is 188 Å². The third-order valence-electron chi connectivity index (χ3n) is 2.28. The van der Waals surface area contributed by atoms with Crippen LogP contribution in [0.5, 0.6) is 0 Å². The fourth-order valence-electron chi connectivity index (χ4n) is 1.32. The van der Waals surface area contributed by atoms with E-state index in [1.54, 1.807) is 0 Å². The van der Waals surface area contributed by atoms with Gasteiger partial charge in [-0.05, 0) is 0 Å². The number of carbonyl (C=O) groups excluding carboxylic acids is 2. The van der Waals surface area contributed by atoms with Crippen molar-refractivity contribution in [1.29, 1.82) is 0 Å². The van der Waals surface area contributed by atoms with Gasteiger partial charge in [-0.25, -0.2) is 0 Å². The number of nitrogens with two attached hydrogens (primary N) is 2. The third kappa shape index (κ3) is 13.7. The first-order valence-electron chi connectivity index (χ1n) is 5.24. The van der Waals surface area contributed by atoms with Gasteiger partial charge in [0.05, 0.1) is 11.9 Å².